The van der Waals surface area contributed by atoms with Crippen LogP contribution in [0.5, 0.6) is 0 Å². The van der Waals surface area contributed by atoms with E-state index in [0.29, 0.717) is 18.5 Å². The van der Waals surface area contributed by atoms with Crippen LogP contribution >= 0.6 is 0 Å². The molecule has 0 unspecified atom stereocenters. The van der Waals surface area contributed by atoms with Gasteiger partial charge in [-0.1, -0.05) is 0 Å². The van der Waals surface area contributed by atoms with Crippen molar-refractivity contribution >= 4 is 32.1 Å². The van der Waals surface area contributed by atoms with Crippen molar-refractivity contribution in [2.45, 2.75) is 25.8 Å². The second-order valence-corrected chi connectivity index (χ2v) is 7.96. The average Bonchev–Trinajstić information content (AvgIpc) is 2.42. The molecule has 0 bridgehead atoms. The van der Waals surface area contributed by atoms with Crippen LogP contribution in [0.25, 0.3) is 10.9 Å². The van der Waals surface area contributed by atoms with Gasteiger partial charge in [-0.15, -0.1) is 0 Å². The average molecular weight is 305 g/mol. The number of aryl methyl sites for hydroxylation is 1. The van der Waals surface area contributed by atoms with Gasteiger partial charge >= 0.3 is 0 Å². The number of fused-ring (bicyclic) bond motifs is 1. The molecule has 1 saturated heterocycles. The van der Waals surface area contributed by atoms with Crippen LogP contribution in [-0.4, -0.2) is 30.9 Å². The van der Waals surface area contributed by atoms with E-state index in [1.165, 1.54) is 0 Å². The van der Waals surface area contributed by atoms with Crippen molar-refractivity contribution in [3.63, 3.8) is 0 Å². The third-order valence-electron chi connectivity index (χ3n) is 3.88. The van der Waals surface area contributed by atoms with Crippen LogP contribution in [0.4, 0.5) is 11.4 Å². The van der Waals surface area contributed by atoms with E-state index in [1.807, 2.05) is 31.2 Å². The molecular weight excluding hydrogens is 286 g/mol. The molecule has 0 radical (unpaired) electrons. The van der Waals surface area contributed by atoms with Crippen LogP contribution in [0.3, 0.4) is 0 Å². The summed E-state index contributed by atoms with van der Waals surface area (Å²) in [5.41, 5.74) is 9.37. The fraction of sp³-hybridized carbons (Fsp3) is 0.400. The Bertz CT molecular complexity index is 773. The van der Waals surface area contributed by atoms with E-state index in [0.717, 1.165) is 22.3 Å². The number of aromatic nitrogens is 1. The molecule has 0 spiro atoms. The molecule has 2 aromatic rings. The van der Waals surface area contributed by atoms with E-state index in [2.05, 4.69) is 10.3 Å². The number of nitrogens with two attached hydrogens (primary N) is 1. The van der Waals surface area contributed by atoms with Crippen LogP contribution in [0.1, 0.15) is 18.5 Å². The first-order valence-electron chi connectivity index (χ1n) is 7.07. The molecule has 0 atom stereocenters. The van der Waals surface area contributed by atoms with Crippen molar-refractivity contribution in [2.24, 2.45) is 0 Å². The highest BCUT2D eigenvalue weighted by Gasteiger charge is 2.23. The van der Waals surface area contributed by atoms with Gasteiger partial charge in [0.2, 0.25) is 0 Å². The predicted octanol–water partition coefficient (Wildman–Crippen LogP) is 2.11. The fourth-order valence-corrected chi connectivity index (χ4v) is 4.24. The Morgan fingerprint density at radius 3 is 2.67 bits per heavy atom. The molecule has 6 heteroatoms. The third kappa shape index (κ3) is 3.10. The minimum absolute atomic E-state index is 0.181. The molecule has 2 heterocycles. The number of nitrogens with zero attached hydrogens (tertiary/aromatic N) is 1. The van der Waals surface area contributed by atoms with E-state index in [1.54, 1.807) is 0 Å². The number of hydrogen-bond donors (Lipinski definition) is 2. The first-order valence-corrected chi connectivity index (χ1v) is 8.89. The van der Waals surface area contributed by atoms with Crippen molar-refractivity contribution < 1.29 is 8.42 Å². The maximum Gasteiger partial charge on any atom is 0.150 e. The molecule has 3 N–H and O–H groups in total. The zero-order valence-electron chi connectivity index (χ0n) is 12.0. The zero-order chi connectivity index (χ0) is 15.0. The summed E-state index contributed by atoms with van der Waals surface area (Å²) in [5.74, 6) is 0.517. The third-order valence-corrected chi connectivity index (χ3v) is 5.59. The number of anilines is 2. The van der Waals surface area contributed by atoms with Crippen LogP contribution in [0, 0.1) is 6.92 Å². The summed E-state index contributed by atoms with van der Waals surface area (Å²) in [6.07, 6.45) is 1.29. The van der Waals surface area contributed by atoms with Crippen molar-refractivity contribution in [1.29, 1.82) is 0 Å². The van der Waals surface area contributed by atoms with Gasteiger partial charge in [0.1, 0.15) is 9.84 Å². The minimum Gasteiger partial charge on any atom is -0.399 e. The summed E-state index contributed by atoms with van der Waals surface area (Å²) in [6, 6.07) is 7.83. The normalized spacial score (nSPS) is 18.7. The summed E-state index contributed by atoms with van der Waals surface area (Å²) < 4.78 is 23.0. The van der Waals surface area contributed by atoms with E-state index in [-0.39, 0.29) is 17.5 Å². The number of nitrogens with one attached hydrogen (secondary N) is 1. The minimum atomic E-state index is -2.84. The van der Waals surface area contributed by atoms with E-state index < -0.39 is 9.84 Å². The molecule has 3 rings (SSSR count). The monoisotopic (exact) mass is 305 g/mol. The number of benzene rings is 1. The van der Waals surface area contributed by atoms with E-state index >= 15 is 0 Å². The number of nitrogen functional groups attached to an aromatic ring is 1. The Balaban J connectivity index is 1.91. The molecule has 1 aliphatic rings. The lowest BCUT2D eigenvalue weighted by Gasteiger charge is -2.25. The second-order valence-electron chi connectivity index (χ2n) is 5.66. The van der Waals surface area contributed by atoms with Crippen molar-refractivity contribution in [2.75, 3.05) is 22.6 Å². The van der Waals surface area contributed by atoms with Gasteiger partial charge in [0.15, 0.2) is 0 Å². The Hall–Kier alpha value is -1.82. The number of rotatable bonds is 2. The predicted molar refractivity (Wildman–Crippen MR) is 86.2 cm³/mol. The summed E-state index contributed by atoms with van der Waals surface area (Å²) >= 11 is 0. The summed E-state index contributed by atoms with van der Waals surface area (Å²) in [6.45, 7) is 1.95. The molecule has 0 saturated carbocycles. The van der Waals surface area contributed by atoms with Gasteiger partial charge in [0.05, 0.1) is 17.0 Å². The number of sulfone groups is 1. The van der Waals surface area contributed by atoms with Crippen molar-refractivity contribution in [3.05, 3.63) is 30.0 Å². The molecule has 0 aliphatic carbocycles. The Labute approximate surface area is 124 Å². The van der Waals surface area contributed by atoms with Gasteiger partial charge in [0.25, 0.3) is 0 Å². The molecule has 1 fully saturated rings. The second kappa shape index (κ2) is 5.18. The molecule has 112 valence electrons. The van der Waals surface area contributed by atoms with Crippen molar-refractivity contribution in [1.82, 2.24) is 4.98 Å². The van der Waals surface area contributed by atoms with E-state index in [4.69, 9.17) is 5.73 Å². The van der Waals surface area contributed by atoms with Gasteiger partial charge < -0.3 is 11.1 Å². The lowest BCUT2D eigenvalue weighted by molar-refractivity contribution is 0.560. The zero-order valence-corrected chi connectivity index (χ0v) is 12.8. The fourth-order valence-electron chi connectivity index (χ4n) is 2.75. The largest absolute Gasteiger partial charge is 0.399 e. The van der Waals surface area contributed by atoms with Gasteiger partial charge in [-0.2, -0.15) is 0 Å². The molecule has 1 aromatic carbocycles. The highest BCUT2D eigenvalue weighted by atomic mass is 32.2. The molecule has 1 aromatic heterocycles. The first-order chi connectivity index (χ1) is 9.93. The Morgan fingerprint density at radius 1 is 1.24 bits per heavy atom. The van der Waals surface area contributed by atoms with Gasteiger partial charge in [-0.3, -0.25) is 4.98 Å². The standard InChI is InChI=1S/C15H19N3O2S/c1-10-8-15(13-9-11(16)2-3-14(13)17-10)18-12-4-6-21(19,20)7-5-12/h2-3,8-9,12H,4-7,16H2,1H3,(H,17,18). The molecule has 0 amide bonds. The van der Waals surface area contributed by atoms with Crippen LogP contribution < -0.4 is 11.1 Å². The lowest BCUT2D eigenvalue weighted by atomic mass is 10.1. The SMILES string of the molecule is Cc1cc(NC2CCS(=O)(=O)CC2)c2cc(N)ccc2n1. The topological polar surface area (TPSA) is 85.1 Å². The summed E-state index contributed by atoms with van der Waals surface area (Å²) in [5, 5.41) is 4.45. The van der Waals surface area contributed by atoms with Gasteiger partial charge in [0, 0.05) is 28.5 Å². The van der Waals surface area contributed by atoms with Gasteiger partial charge in [-0.25, -0.2) is 8.42 Å². The van der Waals surface area contributed by atoms with Gasteiger partial charge in [-0.05, 0) is 44.0 Å². The maximum atomic E-state index is 11.5. The van der Waals surface area contributed by atoms with E-state index in [9.17, 15) is 8.42 Å². The first kappa shape index (κ1) is 14.1. The Kier molecular flexibility index (Phi) is 3.49. The molecular formula is C15H19N3O2S. The number of pyridine rings is 1. The molecule has 1 aliphatic heterocycles. The smallest absolute Gasteiger partial charge is 0.150 e. The van der Waals surface area contributed by atoms with Crippen LogP contribution in [0.15, 0.2) is 24.3 Å². The lowest BCUT2D eigenvalue weighted by Crippen LogP contribution is -2.32. The summed E-state index contributed by atoms with van der Waals surface area (Å²) in [7, 11) is -2.84. The molecule has 5 nitrogen and oxygen atoms in total. The Morgan fingerprint density at radius 2 is 1.95 bits per heavy atom. The maximum absolute atomic E-state index is 11.5. The summed E-state index contributed by atoms with van der Waals surface area (Å²) in [4.78, 5) is 4.50. The van der Waals surface area contributed by atoms with Crippen LogP contribution in [0.2, 0.25) is 0 Å². The molecule has 21 heavy (non-hydrogen) atoms. The number of hydrogen-bond acceptors (Lipinski definition) is 5. The highest BCUT2D eigenvalue weighted by molar-refractivity contribution is 7.91. The van der Waals surface area contributed by atoms with Crippen molar-refractivity contribution in [3.8, 4) is 0 Å². The highest BCUT2D eigenvalue weighted by Crippen LogP contribution is 2.27. The quantitative estimate of drug-likeness (QED) is 0.830. The van der Waals surface area contributed by atoms with Crippen LogP contribution in [-0.2, 0) is 9.84 Å².